The molecular weight excluding hydrogens is 280 g/mol. The number of ether oxygens (including phenoxy) is 1. The first-order valence-electron chi connectivity index (χ1n) is 8.77. The van der Waals surface area contributed by atoms with Gasteiger partial charge in [-0.25, -0.2) is 4.79 Å². The summed E-state index contributed by atoms with van der Waals surface area (Å²) in [5.41, 5.74) is -0.495. The number of carboxylic acids is 1. The van der Waals surface area contributed by atoms with Gasteiger partial charge < -0.3 is 9.84 Å². The summed E-state index contributed by atoms with van der Waals surface area (Å²) in [4.78, 5) is 24.1. The number of aliphatic carboxylic acids is 1. The third-order valence-electron chi connectivity index (χ3n) is 5.27. The van der Waals surface area contributed by atoms with Crippen LogP contribution < -0.4 is 0 Å². The quantitative estimate of drug-likeness (QED) is 0.532. The van der Waals surface area contributed by atoms with Gasteiger partial charge in [0.2, 0.25) is 0 Å². The zero-order chi connectivity index (χ0) is 16.8. The first-order valence-corrected chi connectivity index (χ1v) is 8.77. The maximum atomic E-state index is 12.7. The molecule has 4 heteroatoms. The fourth-order valence-corrected chi connectivity index (χ4v) is 3.35. The average Bonchev–Trinajstić information content (AvgIpc) is 2.46. The summed E-state index contributed by atoms with van der Waals surface area (Å²) in [6.45, 7) is 8.37. The Labute approximate surface area is 134 Å². The molecule has 0 aliphatic heterocycles. The van der Waals surface area contributed by atoms with Gasteiger partial charge >= 0.3 is 11.9 Å². The molecule has 1 rings (SSSR count). The monoisotopic (exact) mass is 312 g/mol. The van der Waals surface area contributed by atoms with E-state index < -0.39 is 17.5 Å². The van der Waals surface area contributed by atoms with E-state index in [0.717, 1.165) is 44.9 Å². The molecule has 0 bridgehead atoms. The molecule has 128 valence electrons. The highest BCUT2D eigenvalue weighted by Crippen LogP contribution is 2.45. The molecule has 1 aliphatic carbocycles. The number of carboxylic acid groups (broad SMARTS) is 1. The van der Waals surface area contributed by atoms with E-state index >= 15 is 0 Å². The maximum Gasteiger partial charge on any atom is 0.345 e. The van der Waals surface area contributed by atoms with Crippen molar-refractivity contribution in [1.82, 2.24) is 0 Å². The van der Waals surface area contributed by atoms with E-state index in [-0.39, 0.29) is 11.9 Å². The molecule has 0 aromatic carbocycles. The summed E-state index contributed by atoms with van der Waals surface area (Å²) in [7, 11) is 0. The first-order chi connectivity index (χ1) is 10.3. The molecule has 1 atom stereocenters. The Bertz CT molecular complexity index is 367. The van der Waals surface area contributed by atoms with Gasteiger partial charge in [-0.05, 0) is 50.4 Å². The van der Waals surface area contributed by atoms with Crippen molar-refractivity contribution in [3.05, 3.63) is 0 Å². The third-order valence-corrected chi connectivity index (χ3v) is 5.27. The van der Waals surface area contributed by atoms with Crippen molar-refractivity contribution in [2.45, 2.75) is 85.2 Å². The van der Waals surface area contributed by atoms with Crippen molar-refractivity contribution in [3.63, 3.8) is 0 Å². The first kappa shape index (κ1) is 19.0. The summed E-state index contributed by atoms with van der Waals surface area (Å²) < 4.78 is 5.46. The number of hydrogen-bond donors (Lipinski definition) is 1. The van der Waals surface area contributed by atoms with E-state index in [2.05, 4.69) is 13.8 Å². The normalized spacial score (nSPS) is 26.7. The molecule has 1 aliphatic rings. The van der Waals surface area contributed by atoms with E-state index in [9.17, 15) is 14.7 Å². The average molecular weight is 312 g/mol. The Balaban J connectivity index is 2.74. The van der Waals surface area contributed by atoms with Crippen molar-refractivity contribution in [1.29, 1.82) is 0 Å². The van der Waals surface area contributed by atoms with Gasteiger partial charge in [-0.2, -0.15) is 0 Å². The lowest BCUT2D eigenvalue weighted by atomic mass is 9.65. The lowest BCUT2D eigenvalue weighted by molar-refractivity contribution is -0.177. The molecule has 1 fully saturated rings. The molecule has 4 nitrogen and oxygen atoms in total. The molecule has 1 unspecified atom stereocenters. The van der Waals surface area contributed by atoms with Crippen LogP contribution in [0.3, 0.4) is 0 Å². The van der Waals surface area contributed by atoms with Gasteiger partial charge in [0.1, 0.15) is 0 Å². The molecular formula is C18H32O4. The molecule has 0 heterocycles. The highest BCUT2D eigenvalue weighted by atomic mass is 16.6. The van der Waals surface area contributed by atoms with E-state index in [1.165, 1.54) is 0 Å². The number of rotatable bonds is 8. The summed E-state index contributed by atoms with van der Waals surface area (Å²) in [6, 6.07) is 0. The van der Waals surface area contributed by atoms with Crippen LogP contribution in [0, 0.1) is 17.3 Å². The summed E-state index contributed by atoms with van der Waals surface area (Å²) in [5, 5.41) is 9.31. The van der Waals surface area contributed by atoms with Gasteiger partial charge in [0.05, 0.1) is 5.41 Å². The fourth-order valence-electron chi connectivity index (χ4n) is 3.35. The Morgan fingerprint density at radius 2 is 1.82 bits per heavy atom. The zero-order valence-corrected chi connectivity index (χ0v) is 14.6. The van der Waals surface area contributed by atoms with Crippen LogP contribution in [-0.4, -0.2) is 23.1 Å². The Morgan fingerprint density at radius 3 is 2.27 bits per heavy atom. The van der Waals surface area contributed by atoms with Crippen molar-refractivity contribution in [2.75, 3.05) is 0 Å². The van der Waals surface area contributed by atoms with Crippen LogP contribution in [-0.2, 0) is 14.3 Å². The van der Waals surface area contributed by atoms with E-state index in [1.54, 1.807) is 0 Å². The Kier molecular flexibility index (Phi) is 7.37. The second-order valence-electron chi connectivity index (χ2n) is 7.22. The molecule has 0 saturated heterocycles. The minimum absolute atomic E-state index is 0.178. The Morgan fingerprint density at radius 1 is 1.23 bits per heavy atom. The van der Waals surface area contributed by atoms with Gasteiger partial charge in [-0.15, -0.1) is 0 Å². The third kappa shape index (κ3) is 4.72. The van der Waals surface area contributed by atoms with Crippen LogP contribution in [0.15, 0.2) is 0 Å². The van der Waals surface area contributed by atoms with Crippen LogP contribution in [0.25, 0.3) is 0 Å². The number of esters is 1. The van der Waals surface area contributed by atoms with Gasteiger partial charge in [-0.3, -0.25) is 4.79 Å². The molecule has 0 aromatic rings. The second kappa shape index (κ2) is 8.54. The summed E-state index contributed by atoms with van der Waals surface area (Å²) >= 11 is 0. The summed E-state index contributed by atoms with van der Waals surface area (Å²) in [5.74, 6) is -0.497. The SMILES string of the molecule is CCCCCC(OC(=O)C1(C(C)C)CCC(C)CC1)C(=O)O. The van der Waals surface area contributed by atoms with Gasteiger partial charge in [0.25, 0.3) is 0 Å². The molecule has 1 N–H and O–H groups in total. The lowest BCUT2D eigenvalue weighted by Crippen LogP contribution is -2.43. The molecule has 22 heavy (non-hydrogen) atoms. The Hall–Kier alpha value is -1.06. The van der Waals surface area contributed by atoms with Gasteiger partial charge in [0, 0.05) is 0 Å². The standard InChI is InChI=1S/C18H32O4/c1-5-6-7-8-15(16(19)20)22-17(21)18(13(2)3)11-9-14(4)10-12-18/h13-15H,5-12H2,1-4H3,(H,19,20). The number of carbonyl (C=O) groups excluding carboxylic acids is 1. The van der Waals surface area contributed by atoms with Crippen molar-refractivity contribution in [2.24, 2.45) is 17.3 Å². The molecule has 0 spiro atoms. The number of unbranched alkanes of at least 4 members (excludes halogenated alkanes) is 2. The minimum Gasteiger partial charge on any atom is -0.479 e. The van der Waals surface area contributed by atoms with Crippen LogP contribution in [0.2, 0.25) is 0 Å². The highest BCUT2D eigenvalue weighted by molar-refractivity contribution is 5.81. The highest BCUT2D eigenvalue weighted by Gasteiger charge is 2.46. The van der Waals surface area contributed by atoms with Crippen LogP contribution in [0.4, 0.5) is 0 Å². The molecule has 0 aromatic heterocycles. The van der Waals surface area contributed by atoms with E-state index in [1.807, 2.05) is 13.8 Å². The van der Waals surface area contributed by atoms with Crippen LogP contribution >= 0.6 is 0 Å². The number of hydrogen-bond acceptors (Lipinski definition) is 3. The van der Waals surface area contributed by atoms with Crippen molar-refractivity contribution >= 4 is 11.9 Å². The second-order valence-corrected chi connectivity index (χ2v) is 7.22. The summed E-state index contributed by atoms with van der Waals surface area (Å²) in [6.07, 6.45) is 5.85. The molecule has 1 saturated carbocycles. The van der Waals surface area contributed by atoms with Crippen LogP contribution in [0.5, 0.6) is 0 Å². The topological polar surface area (TPSA) is 63.6 Å². The zero-order valence-electron chi connectivity index (χ0n) is 14.6. The fraction of sp³-hybridized carbons (Fsp3) is 0.889. The van der Waals surface area contributed by atoms with Gasteiger partial charge in [-0.1, -0.05) is 40.5 Å². The maximum absolute atomic E-state index is 12.7. The lowest BCUT2D eigenvalue weighted by Gasteiger charge is -2.40. The van der Waals surface area contributed by atoms with Crippen LogP contribution in [0.1, 0.15) is 79.1 Å². The van der Waals surface area contributed by atoms with E-state index in [0.29, 0.717) is 12.3 Å². The van der Waals surface area contributed by atoms with Crippen molar-refractivity contribution < 1.29 is 19.4 Å². The number of carbonyl (C=O) groups is 2. The smallest absolute Gasteiger partial charge is 0.345 e. The predicted octanol–water partition coefficient (Wildman–Crippen LogP) is 4.42. The van der Waals surface area contributed by atoms with Crippen molar-refractivity contribution in [3.8, 4) is 0 Å². The van der Waals surface area contributed by atoms with E-state index in [4.69, 9.17) is 4.74 Å². The predicted molar refractivity (Wildman–Crippen MR) is 86.6 cm³/mol. The molecule has 0 amide bonds. The molecule has 0 radical (unpaired) electrons. The van der Waals surface area contributed by atoms with Gasteiger partial charge in [0.15, 0.2) is 6.10 Å². The largest absolute Gasteiger partial charge is 0.479 e. The minimum atomic E-state index is -1.02.